The molecule has 0 aromatic heterocycles. The Morgan fingerprint density at radius 2 is 2.06 bits per heavy atom. The molecule has 1 N–H and O–H groups in total. The van der Waals surface area contributed by atoms with Gasteiger partial charge in [-0.25, -0.2) is 0 Å². The highest BCUT2D eigenvalue weighted by atomic mass is 16.6. The lowest BCUT2D eigenvalue weighted by molar-refractivity contribution is -0.153. The Balaban J connectivity index is 2.13. The first-order chi connectivity index (χ1) is 7.38. The SMILES string of the molecule is CC1CCCC1CNCC(=O)OC(C)(C)C. The van der Waals surface area contributed by atoms with Gasteiger partial charge in [-0.1, -0.05) is 19.8 Å². The Hall–Kier alpha value is -0.570. The number of nitrogens with one attached hydrogen (secondary N) is 1. The second-order valence-corrected chi connectivity index (χ2v) is 5.89. The quantitative estimate of drug-likeness (QED) is 0.749. The summed E-state index contributed by atoms with van der Waals surface area (Å²) in [5.74, 6) is 1.38. The van der Waals surface area contributed by atoms with Crippen LogP contribution in [0.4, 0.5) is 0 Å². The van der Waals surface area contributed by atoms with Crippen molar-refractivity contribution in [2.24, 2.45) is 11.8 Å². The maximum Gasteiger partial charge on any atom is 0.320 e. The second-order valence-electron chi connectivity index (χ2n) is 5.89. The van der Waals surface area contributed by atoms with Crippen molar-refractivity contribution in [1.29, 1.82) is 0 Å². The largest absolute Gasteiger partial charge is 0.459 e. The predicted octanol–water partition coefficient (Wildman–Crippen LogP) is 2.35. The zero-order chi connectivity index (χ0) is 12.2. The van der Waals surface area contributed by atoms with E-state index in [-0.39, 0.29) is 11.6 Å². The summed E-state index contributed by atoms with van der Waals surface area (Å²) in [5, 5.41) is 3.21. The van der Waals surface area contributed by atoms with Crippen molar-refractivity contribution in [2.45, 2.75) is 52.6 Å². The molecule has 0 amide bonds. The first-order valence-corrected chi connectivity index (χ1v) is 6.31. The third kappa shape index (κ3) is 4.97. The minimum absolute atomic E-state index is 0.154. The summed E-state index contributed by atoms with van der Waals surface area (Å²) in [6.45, 7) is 9.26. The van der Waals surface area contributed by atoms with Crippen LogP contribution in [0.15, 0.2) is 0 Å². The Morgan fingerprint density at radius 1 is 1.38 bits per heavy atom. The number of rotatable bonds is 4. The molecule has 0 saturated heterocycles. The molecule has 0 aromatic rings. The summed E-state index contributed by atoms with van der Waals surface area (Å²) in [5.41, 5.74) is -0.376. The molecule has 3 heteroatoms. The van der Waals surface area contributed by atoms with Crippen molar-refractivity contribution in [1.82, 2.24) is 5.32 Å². The average molecular weight is 227 g/mol. The molecule has 1 rings (SSSR count). The van der Waals surface area contributed by atoms with Crippen LogP contribution in [0.2, 0.25) is 0 Å². The van der Waals surface area contributed by atoms with Crippen LogP contribution in [0.5, 0.6) is 0 Å². The van der Waals surface area contributed by atoms with E-state index < -0.39 is 0 Å². The highest BCUT2D eigenvalue weighted by Gasteiger charge is 2.23. The van der Waals surface area contributed by atoms with Gasteiger partial charge in [-0.3, -0.25) is 4.79 Å². The van der Waals surface area contributed by atoms with E-state index in [1.54, 1.807) is 0 Å². The van der Waals surface area contributed by atoms with Gasteiger partial charge < -0.3 is 10.1 Å². The van der Waals surface area contributed by atoms with Gasteiger partial charge in [-0.2, -0.15) is 0 Å². The summed E-state index contributed by atoms with van der Waals surface area (Å²) in [6.07, 6.45) is 3.96. The van der Waals surface area contributed by atoms with Gasteiger partial charge in [-0.15, -0.1) is 0 Å². The fourth-order valence-corrected chi connectivity index (χ4v) is 2.26. The number of esters is 1. The van der Waals surface area contributed by atoms with Gasteiger partial charge >= 0.3 is 5.97 Å². The maximum absolute atomic E-state index is 11.4. The van der Waals surface area contributed by atoms with Crippen LogP contribution in [0.1, 0.15) is 47.0 Å². The van der Waals surface area contributed by atoms with E-state index in [9.17, 15) is 4.79 Å². The lowest BCUT2D eigenvalue weighted by Gasteiger charge is -2.20. The summed E-state index contributed by atoms with van der Waals surface area (Å²) < 4.78 is 5.23. The van der Waals surface area contributed by atoms with E-state index in [0.717, 1.165) is 18.4 Å². The van der Waals surface area contributed by atoms with Crippen LogP contribution in [-0.2, 0) is 9.53 Å². The monoisotopic (exact) mass is 227 g/mol. The van der Waals surface area contributed by atoms with E-state index in [0.29, 0.717) is 6.54 Å². The number of carbonyl (C=O) groups excluding carboxylic acids is 1. The van der Waals surface area contributed by atoms with Crippen LogP contribution in [0.25, 0.3) is 0 Å². The molecule has 1 saturated carbocycles. The van der Waals surface area contributed by atoms with Crippen molar-refractivity contribution in [3.8, 4) is 0 Å². The molecular weight excluding hydrogens is 202 g/mol. The number of hydrogen-bond donors (Lipinski definition) is 1. The molecule has 94 valence electrons. The maximum atomic E-state index is 11.4. The lowest BCUT2D eigenvalue weighted by atomic mass is 9.98. The zero-order valence-corrected chi connectivity index (χ0v) is 11.0. The lowest BCUT2D eigenvalue weighted by Crippen LogP contribution is -2.34. The van der Waals surface area contributed by atoms with Gasteiger partial charge in [0.15, 0.2) is 0 Å². The van der Waals surface area contributed by atoms with Crippen molar-refractivity contribution < 1.29 is 9.53 Å². The Morgan fingerprint density at radius 3 is 2.56 bits per heavy atom. The van der Waals surface area contributed by atoms with E-state index in [2.05, 4.69) is 12.2 Å². The van der Waals surface area contributed by atoms with E-state index >= 15 is 0 Å². The fourth-order valence-electron chi connectivity index (χ4n) is 2.26. The van der Waals surface area contributed by atoms with E-state index in [1.165, 1.54) is 19.3 Å². The topological polar surface area (TPSA) is 38.3 Å². The number of ether oxygens (including phenoxy) is 1. The molecular formula is C13H25NO2. The third-order valence-electron chi connectivity index (χ3n) is 3.14. The predicted molar refractivity (Wildman–Crippen MR) is 65.2 cm³/mol. The molecule has 0 aromatic carbocycles. The third-order valence-corrected chi connectivity index (χ3v) is 3.14. The molecule has 2 atom stereocenters. The molecule has 0 spiro atoms. The van der Waals surface area contributed by atoms with Crippen LogP contribution >= 0.6 is 0 Å². The Labute approximate surface area is 98.9 Å². The van der Waals surface area contributed by atoms with E-state index in [1.807, 2.05) is 20.8 Å². The minimum atomic E-state index is -0.376. The molecule has 0 bridgehead atoms. The van der Waals surface area contributed by atoms with Gasteiger partial charge in [-0.05, 0) is 45.6 Å². The van der Waals surface area contributed by atoms with Gasteiger partial charge in [0.25, 0.3) is 0 Å². The zero-order valence-electron chi connectivity index (χ0n) is 11.0. The van der Waals surface area contributed by atoms with Gasteiger partial charge in [0.05, 0.1) is 6.54 Å². The first-order valence-electron chi connectivity index (χ1n) is 6.31. The fraction of sp³-hybridized carbons (Fsp3) is 0.923. The highest BCUT2D eigenvalue weighted by molar-refractivity contribution is 5.72. The van der Waals surface area contributed by atoms with Gasteiger partial charge in [0.2, 0.25) is 0 Å². The second kappa shape index (κ2) is 5.67. The number of carbonyl (C=O) groups is 1. The summed E-state index contributed by atoms with van der Waals surface area (Å²) in [4.78, 5) is 11.4. The first kappa shape index (κ1) is 13.5. The summed E-state index contributed by atoms with van der Waals surface area (Å²) in [7, 11) is 0. The van der Waals surface area contributed by atoms with Crippen molar-refractivity contribution >= 4 is 5.97 Å². The number of hydrogen-bond acceptors (Lipinski definition) is 3. The molecule has 1 fully saturated rings. The normalized spacial score (nSPS) is 25.8. The van der Waals surface area contributed by atoms with Crippen molar-refractivity contribution in [3.05, 3.63) is 0 Å². The standard InChI is InChI=1S/C13H25NO2/c1-10-6-5-7-11(10)8-14-9-12(15)16-13(2,3)4/h10-11,14H,5-9H2,1-4H3. The Bertz CT molecular complexity index is 233. The average Bonchev–Trinajstić information content (AvgIpc) is 2.48. The van der Waals surface area contributed by atoms with Crippen molar-refractivity contribution in [3.63, 3.8) is 0 Å². The van der Waals surface area contributed by atoms with Crippen LogP contribution in [0.3, 0.4) is 0 Å². The van der Waals surface area contributed by atoms with Gasteiger partial charge in [0, 0.05) is 0 Å². The van der Waals surface area contributed by atoms with Gasteiger partial charge in [0.1, 0.15) is 5.60 Å². The summed E-state index contributed by atoms with van der Waals surface area (Å²) in [6, 6.07) is 0. The van der Waals surface area contributed by atoms with Crippen LogP contribution in [-0.4, -0.2) is 24.7 Å². The molecule has 0 aliphatic heterocycles. The molecule has 1 aliphatic carbocycles. The smallest absolute Gasteiger partial charge is 0.320 e. The van der Waals surface area contributed by atoms with E-state index in [4.69, 9.17) is 4.74 Å². The molecule has 3 nitrogen and oxygen atoms in total. The minimum Gasteiger partial charge on any atom is -0.459 e. The Kier molecular flexibility index (Phi) is 4.78. The molecule has 1 aliphatic rings. The van der Waals surface area contributed by atoms with Crippen LogP contribution in [0, 0.1) is 11.8 Å². The molecule has 2 unspecified atom stereocenters. The molecule has 0 radical (unpaired) electrons. The molecule has 0 heterocycles. The highest BCUT2D eigenvalue weighted by Crippen LogP contribution is 2.30. The molecule has 16 heavy (non-hydrogen) atoms. The van der Waals surface area contributed by atoms with Crippen molar-refractivity contribution in [2.75, 3.05) is 13.1 Å². The summed E-state index contributed by atoms with van der Waals surface area (Å²) >= 11 is 0. The van der Waals surface area contributed by atoms with Crippen LogP contribution < -0.4 is 5.32 Å².